The molecule has 0 amide bonds. The Bertz CT molecular complexity index is 2670. The molecule has 0 unspecified atom stereocenters. The standard InChI is InChI=1S/C49H32/c1-2-15-33(16-3-1)38-25-13-27-45(42-26-12-19-36-31-35-18-6-7-20-39(35)46(36)42)48(38)49-43-23-10-8-21-40(43)47(41-22-9-11-24-44(41)49)37-29-28-32-14-4-5-17-34(32)30-37/h1-30H,31H2. The van der Waals surface area contributed by atoms with Crippen molar-refractivity contribution in [2.24, 2.45) is 0 Å². The average molecular weight is 621 g/mol. The van der Waals surface area contributed by atoms with Crippen molar-refractivity contribution >= 4 is 32.3 Å². The Morgan fingerprint density at radius 2 is 0.796 bits per heavy atom. The third-order valence-electron chi connectivity index (χ3n) is 10.5. The molecule has 0 bridgehead atoms. The van der Waals surface area contributed by atoms with Crippen LogP contribution in [0.4, 0.5) is 0 Å². The van der Waals surface area contributed by atoms with Crippen LogP contribution in [0.5, 0.6) is 0 Å². The SMILES string of the molecule is c1ccc(-c2cccc(-c3cccc4c3-c3ccccc3C4)c2-c2c3ccccc3c(-c3ccc4ccccc4c3)c3ccccc23)cc1. The highest BCUT2D eigenvalue weighted by Crippen LogP contribution is 2.52. The fraction of sp³-hybridized carbons (Fsp3) is 0.0204. The molecule has 0 heteroatoms. The summed E-state index contributed by atoms with van der Waals surface area (Å²) in [6.07, 6.45) is 0.972. The zero-order chi connectivity index (χ0) is 32.3. The van der Waals surface area contributed by atoms with Crippen molar-refractivity contribution in [3.63, 3.8) is 0 Å². The molecule has 0 aliphatic heterocycles. The average Bonchev–Trinajstić information content (AvgIpc) is 3.56. The Kier molecular flexibility index (Phi) is 6.35. The van der Waals surface area contributed by atoms with E-state index in [0.717, 1.165) is 6.42 Å². The predicted molar refractivity (Wildman–Crippen MR) is 209 cm³/mol. The van der Waals surface area contributed by atoms with E-state index in [4.69, 9.17) is 0 Å². The molecular weight excluding hydrogens is 589 g/mol. The van der Waals surface area contributed by atoms with Gasteiger partial charge in [-0.25, -0.2) is 0 Å². The number of benzene rings is 9. The van der Waals surface area contributed by atoms with Gasteiger partial charge < -0.3 is 0 Å². The third kappa shape index (κ3) is 4.38. The van der Waals surface area contributed by atoms with Crippen LogP contribution in [0.25, 0.3) is 88.0 Å². The topological polar surface area (TPSA) is 0 Å². The Labute approximate surface area is 286 Å². The van der Waals surface area contributed by atoms with Gasteiger partial charge in [-0.2, -0.15) is 0 Å². The molecule has 0 heterocycles. The molecule has 0 nitrogen and oxygen atoms in total. The Morgan fingerprint density at radius 3 is 1.55 bits per heavy atom. The van der Waals surface area contributed by atoms with Crippen molar-refractivity contribution in [2.75, 3.05) is 0 Å². The molecule has 0 fully saturated rings. The summed E-state index contributed by atoms with van der Waals surface area (Å²) >= 11 is 0. The quantitative estimate of drug-likeness (QED) is 0.172. The van der Waals surface area contributed by atoms with Crippen LogP contribution in [-0.4, -0.2) is 0 Å². The molecule has 0 N–H and O–H groups in total. The monoisotopic (exact) mass is 620 g/mol. The maximum absolute atomic E-state index is 2.36. The largest absolute Gasteiger partial charge is 0.0622 e. The summed E-state index contributed by atoms with van der Waals surface area (Å²) in [4.78, 5) is 0. The van der Waals surface area contributed by atoms with Gasteiger partial charge in [-0.15, -0.1) is 0 Å². The van der Waals surface area contributed by atoms with Gasteiger partial charge in [-0.3, -0.25) is 0 Å². The maximum atomic E-state index is 2.36. The molecule has 0 atom stereocenters. The lowest BCUT2D eigenvalue weighted by Crippen LogP contribution is -1.96. The van der Waals surface area contributed by atoms with E-state index in [-0.39, 0.29) is 0 Å². The summed E-state index contributed by atoms with van der Waals surface area (Å²) in [5.41, 5.74) is 15.6. The van der Waals surface area contributed by atoms with Crippen molar-refractivity contribution in [2.45, 2.75) is 6.42 Å². The summed E-state index contributed by atoms with van der Waals surface area (Å²) in [6, 6.07) is 67.3. The van der Waals surface area contributed by atoms with Crippen LogP contribution >= 0.6 is 0 Å². The second-order valence-electron chi connectivity index (χ2n) is 13.2. The van der Waals surface area contributed by atoms with Crippen molar-refractivity contribution < 1.29 is 0 Å². The lowest BCUT2D eigenvalue weighted by Gasteiger charge is -2.23. The fourth-order valence-electron chi connectivity index (χ4n) is 8.37. The van der Waals surface area contributed by atoms with Crippen LogP contribution in [0.15, 0.2) is 182 Å². The third-order valence-corrected chi connectivity index (χ3v) is 10.5. The van der Waals surface area contributed by atoms with Crippen LogP contribution in [0, 0.1) is 0 Å². The van der Waals surface area contributed by atoms with Crippen LogP contribution < -0.4 is 0 Å². The van der Waals surface area contributed by atoms with Crippen molar-refractivity contribution in [1.82, 2.24) is 0 Å². The molecule has 1 aliphatic rings. The fourth-order valence-corrected chi connectivity index (χ4v) is 8.37. The van der Waals surface area contributed by atoms with Gasteiger partial charge >= 0.3 is 0 Å². The highest BCUT2D eigenvalue weighted by molar-refractivity contribution is 6.24. The summed E-state index contributed by atoms with van der Waals surface area (Å²) in [7, 11) is 0. The summed E-state index contributed by atoms with van der Waals surface area (Å²) in [6.45, 7) is 0. The van der Waals surface area contributed by atoms with E-state index in [1.807, 2.05) is 0 Å². The highest BCUT2D eigenvalue weighted by Gasteiger charge is 2.26. The predicted octanol–water partition coefficient (Wildman–Crippen LogP) is 13.4. The zero-order valence-electron chi connectivity index (χ0n) is 27.0. The summed E-state index contributed by atoms with van der Waals surface area (Å²) in [5, 5.41) is 7.58. The molecular formula is C49H32. The Balaban J connectivity index is 1.35. The van der Waals surface area contributed by atoms with Gasteiger partial charge in [-0.05, 0) is 112 Å². The van der Waals surface area contributed by atoms with E-state index < -0.39 is 0 Å². The Hall–Kier alpha value is -6.24. The zero-order valence-corrected chi connectivity index (χ0v) is 27.0. The van der Waals surface area contributed by atoms with Crippen LogP contribution in [0.3, 0.4) is 0 Å². The number of hydrogen-bond acceptors (Lipinski definition) is 0. The van der Waals surface area contributed by atoms with Gasteiger partial charge in [-0.1, -0.05) is 176 Å². The van der Waals surface area contributed by atoms with E-state index in [2.05, 4.69) is 182 Å². The smallest absolute Gasteiger partial charge is 0.00132 e. The second kappa shape index (κ2) is 11.2. The van der Waals surface area contributed by atoms with Gasteiger partial charge in [0.25, 0.3) is 0 Å². The minimum Gasteiger partial charge on any atom is -0.0622 e. The summed E-state index contributed by atoms with van der Waals surface area (Å²) in [5.74, 6) is 0. The number of hydrogen-bond donors (Lipinski definition) is 0. The first-order valence-electron chi connectivity index (χ1n) is 17.2. The second-order valence-corrected chi connectivity index (χ2v) is 13.2. The van der Waals surface area contributed by atoms with E-state index in [0.29, 0.717) is 0 Å². The maximum Gasteiger partial charge on any atom is -0.00132 e. The minimum atomic E-state index is 0.972. The molecule has 9 aromatic carbocycles. The van der Waals surface area contributed by atoms with Crippen LogP contribution in [-0.2, 0) is 6.42 Å². The number of rotatable bonds is 4. The minimum absolute atomic E-state index is 0.972. The van der Waals surface area contributed by atoms with E-state index in [1.54, 1.807) is 0 Å². The van der Waals surface area contributed by atoms with E-state index in [9.17, 15) is 0 Å². The lowest BCUT2D eigenvalue weighted by molar-refractivity contribution is 1.26. The van der Waals surface area contributed by atoms with Crippen LogP contribution in [0.1, 0.15) is 11.1 Å². The molecule has 0 saturated heterocycles. The van der Waals surface area contributed by atoms with Crippen molar-refractivity contribution in [3.05, 3.63) is 193 Å². The first-order valence-corrected chi connectivity index (χ1v) is 17.2. The summed E-state index contributed by atoms with van der Waals surface area (Å²) < 4.78 is 0. The van der Waals surface area contributed by atoms with Crippen LogP contribution in [0.2, 0.25) is 0 Å². The first kappa shape index (κ1) is 27.8. The van der Waals surface area contributed by atoms with Crippen molar-refractivity contribution in [1.29, 1.82) is 0 Å². The first-order chi connectivity index (χ1) is 24.3. The lowest BCUT2D eigenvalue weighted by atomic mass is 9.80. The molecule has 9 aromatic rings. The molecule has 228 valence electrons. The normalized spacial score (nSPS) is 12.0. The molecule has 1 aliphatic carbocycles. The molecule has 0 aromatic heterocycles. The van der Waals surface area contributed by atoms with Gasteiger partial charge in [0, 0.05) is 0 Å². The van der Waals surface area contributed by atoms with E-state index in [1.165, 1.54) is 99.1 Å². The van der Waals surface area contributed by atoms with Gasteiger partial charge in [0.15, 0.2) is 0 Å². The molecule has 0 saturated carbocycles. The highest BCUT2D eigenvalue weighted by atomic mass is 14.3. The molecule has 10 rings (SSSR count). The van der Waals surface area contributed by atoms with Crippen molar-refractivity contribution in [3.8, 4) is 55.6 Å². The molecule has 49 heavy (non-hydrogen) atoms. The number of fused-ring (bicyclic) bond motifs is 6. The molecule has 0 spiro atoms. The van der Waals surface area contributed by atoms with E-state index >= 15 is 0 Å². The van der Waals surface area contributed by atoms with Gasteiger partial charge in [0.05, 0.1) is 0 Å². The van der Waals surface area contributed by atoms with Gasteiger partial charge in [0.1, 0.15) is 0 Å². The molecule has 0 radical (unpaired) electrons. The van der Waals surface area contributed by atoms with Gasteiger partial charge in [0.2, 0.25) is 0 Å². The Morgan fingerprint density at radius 1 is 0.265 bits per heavy atom.